The smallest absolute Gasteiger partial charge is 0.221 e. The SMILES string of the molecule is CCc1cccc2c([C@H](CC(=O)NCC[NH+]3CCOCC3)c3ccccc3)cn(CC)c12. The minimum absolute atomic E-state index is 0.0364. The second-order valence-corrected chi connectivity index (χ2v) is 8.67. The first-order valence-corrected chi connectivity index (χ1v) is 12.0. The van der Waals surface area contributed by atoms with Crippen molar-refractivity contribution in [2.24, 2.45) is 0 Å². The maximum atomic E-state index is 13.0. The molecule has 0 saturated carbocycles. The van der Waals surface area contributed by atoms with Gasteiger partial charge in [0.1, 0.15) is 13.1 Å². The predicted octanol–water partition coefficient (Wildman–Crippen LogP) is 2.78. The topological polar surface area (TPSA) is 47.7 Å². The minimum Gasteiger partial charge on any atom is -0.370 e. The molecule has 1 fully saturated rings. The van der Waals surface area contributed by atoms with E-state index in [2.05, 4.69) is 72.4 Å². The molecular weight excluding hydrogens is 398 g/mol. The van der Waals surface area contributed by atoms with Gasteiger partial charge >= 0.3 is 0 Å². The van der Waals surface area contributed by atoms with Crippen LogP contribution in [0, 0.1) is 0 Å². The lowest BCUT2D eigenvalue weighted by Gasteiger charge is -2.24. The fourth-order valence-corrected chi connectivity index (χ4v) is 4.92. The lowest BCUT2D eigenvalue weighted by Crippen LogP contribution is -3.14. The van der Waals surface area contributed by atoms with Crippen molar-refractivity contribution in [3.05, 3.63) is 71.4 Å². The van der Waals surface area contributed by atoms with Crippen LogP contribution in [0.15, 0.2) is 54.7 Å². The van der Waals surface area contributed by atoms with Gasteiger partial charge in [0, 0.05) is 30.5 Å². The molecule has 5 heteroatoms. The molecule has 0 spiro atoms. The molecular formula is C27H36N3O2+. The molecule has 2 aromatic carbocycles. The summed E-state index contributed by atoms with van der Waals surface area (Å²) in [6.07, 6.45) is 3.73. The van der Waals surface area contributed by atoms with E-state index in [1.54, 1.807) is 0 Å². The first kappa shape index (κ1) is 22.6. The van der Waals surface area contributed by atoms with E-state index < -0.39 is 0 Å². The van der Waals surface area contributed by atoms with Gasteiger partial charge in [-0.25, -0.2) is 0 Å². The third kappa shape index (κ3) is 5.05. The number of rotatable bonds is 9. The molecule has 1 aliphatic heterocycles. The molecule has 3 aromatic rings. The summed E-state index contributed by atoms with van der Waals surface area (Å²) in [5, 5.41) is 4.45. The van der Waals surface area contributed by atoms with E-state index in [0.29, 0.717) is 13.0 Å². The summed E-state index contributed by atoms with van der Waals surface area (Å²) in [6, 6.07) is 17.1. The summed E-state index contributed by atoms with van der Waals surface area (Å²) < 4.78 is 7.78. The van der Waals surface area contributed by atoms with E-state index in [9.17, 15) is 4.79 Å². The summed E-state index contributed by atoms with van der Waals surface area (Å²) >= 11 is 0. The summed E-state index contributed by atoms with van der Waals surface area (Å²) in [7, 11) is 0. The van der Waals surface area contributed by atoms with Gasteiger partial charge in [0.2, 0.25) is 5.91 Å². The zero-order valence-corrected chi connectivity index (χ0v) is 19.4. The predicted molar refractivity (Wildman–Crippen MR) is 129 cm³/mol. The van der Waals surface area contributed by atoms with Gasteiger partial charge < -0.3 is 19.5 Å². The summed E-state index contributed by atoms with van der Waals surface area (Å²) in [4.78, 5) is 14.5. The van der Waals surface area contributed by atoms with Gasteiger partial charge in [-0.15, -0.1) is 0 Å². The summed E-state index contributed by atoms with van der Waals surface area (Å²) in [5.41, 5.74) is 5.11. The Bertz CT molecular complexity index is 1020. The first-order chi connectivity index (χ1) is 15.7. The highest BCUT2D eigenvalue weighted by Gasteiger charge is 2.23. The van der Waals surface area contributed by atoms with Crippen molar-refractivity contribution in [3.63, 3.8) is 0 Å². The number of hydrogen-bond acceptors (Lipinski definition) is 2. The standard InChI is InChI=1S/C27H35N3O2/c1-3-21-11-8-12-23-25(20-30(4-2)27(21)23)24(22-9-6-5-7-10-22)19-26(31)28-13-14-29-15-17-32-18-16-29/h5-12,20,24H,3-4,13-19H2,1-2H3,(H,28,31)/p+1/t24-/m1/s1. The summed E-state index contributed by atoms with van der Waals surface area (Å²) in [6.45, 7) is 10.7. The molecule has 1 aromatic heterocycles. The van der Waals surface area contributed by atoms with Crippen LogP contribution in [0.1, 0.15) is 42.9 Å². The summed E-state index contributed by atoms with van der Waals surface area (Å²) in [5.74, 6) is 0.157. The normalized spacial score (nSPS) is 15.7. The van der Waals surface area contributed by atoms with Crippen LogP contribution in [-0.2, 0) is 22.5 Å². The fourth-order valence-electron chi connectivity index (χ4n) is 4.92. The number of aryl methyl sites for hydroxylation is 2. The van der Waals surface area contributed by atoms with Crippen LogP contribution in [0.3, 0.4) is 0 Å². The first-order valence-electron chi connectivity index (χ1n) is 12.0. The third-order valence-corrected chi connectivity index (χ3v) is 6.70. The van der Waals surface area contributed by atoms with Crippen molar-refractivity contribution >= 4 is 16.8 Å². The molecule has 0 radical (unpaired) electrons. The molecule has 170 valence electrons. The third-order valence-electron chi connectivity index (χ3n) is 6.70. The van der Waals surface area contributed by atoms with Gasteiger partial charge in [-0.2, -0.15) is 0 Å². The molecule has 2 heterocycles. The number of fused-ring (bicyclic) bond motifs is 1. The van der Waals surface area contributed by atoms with Crippen molar-refractivity contribution in [2.75, 3.05) is 39.4 Å². The zero-order valence-electron chi connectivity index (χ0n) is 19.4. The number of nitrogens with one attached hydrogen (secondary N) is 2. The van der Waals surface area contributed by atoms with E-state index in [1.165, 1.54) is 32.5 Å². The zero-order chi connectivity index (χ0) is 22.3. The lowest BCUT2D eigenvalue weighted by atomic mass is 9.87. The van der Waals surface area contributed by atoms with Crippen molar-refractivity contribution in [3.8, 4) is 0 Å². The Morgan fingerprint density at radius 2 is 1.88 bits per heavy atom. The second-order valence-electron chi connectivity index (χ2n) is 8.67. The average Bonchev–Trinajstić information content (AvgIpc) is 3.22. The average molecular weight is 435 g/mol. The van der Waals surface area contributed by atoms with E-state index in [0.717, 1.165) is 45.8 Å². The van der Waals surface area contributed by atoms with Crippen molar-refractivity contribution < 1.29 is 14.4 Å². The molecule has 0 unspecified atom stereocenters. The van der Waals surface area contributed by atoms with Crippen LogP contribution in [0.25, 0.3) is 10.9 Å². The van der Waals surface area contributed by atoms with Crippen LogP contribution in [0.4, 0.5) is 0 Å². The Labute approximate surface area is 191 Å². The molecule has 0 aliphatic carbocycles. The molecule has 1 aliphatic rings. The number of morpholine rings is 1. The minimum atomic E-state index is 0.0364. The number of nitrogens with zero attached hydrogens (tertiary/aromatic N) is 1. The van der Waals surface area contributed by atoms with Crippen molar-refractivity contribution in [1.82, 2.24) is 9.88 Å². The highest BCUT2D eigenvalue weighted by Crippen LogP contribution is 2.36. The Morgan fingerprint density at radius 1 is 1.09 bits per heavy atom. The van der Waals surface area contributed by atoms with Gasteiger partial charge in [0.15, 0.2) is 0 Å². The molecule has 32 heavy (non-hydrogen) atoms. The van der Waals surface area contributed by atoms with Crippen LogP contribution in [-0.4, -0.2) is 49.9 Å². The molecule has 1 atom stereocenters. The highest BCUT2D eigenvalue weighted by molar-refractivity contribution is 5.89. The van der Waals surface area contributed by atoms with Gasteiger partial charge in [-0.1, -0.05) is 55.5 Å². The molecule has 1 amide bonds. The Balaban J connectivity index is 1.57. The number of carbonyl (C=O) groups is 1. The van der Waals surface area contributed by atoms with Gasteiger partial charge in [0.25, 0.3) is 0 Å². The van der Waals surface area contributed by atoms with Crippen molar-refractivity contribution in [1.29, 1.82) is 0 Å². The Morgan fingerprint density at radius 3 is 2.59 bits per heavy atom. The second kappa shape index (κ2) is 10.8. The number of para-hydroxylation sites is 1. The number of ether oxygens (including phenoxy) is 1. The number of aromatic nitrogens is 1. The molecule has 4 rings (SSSR count). The molecule has 2 N–H and O–H groups in total. The Kier molecular flexibility index (Phi) is 7.61. The van der Waals surface area contributed by atoms with Crippen LogP contribution >= 0.6 is 0 Å². The number of hydrogen-bond donors (Lipinski definition) is 2. The highest BCUT2D eigenvalue weighted by atomic mass is 16.5. The largest absolute Gasteiger partial charge is 0.370 e. The fraction of sp³-hybridized carbons (Fsp3) is 0.444. The molecule has 5 nitrogen and oxygen atoms in total. The number of amides is 1. The van der Waals surface area contributed by atoms with Gasteiger partial charge in [-0.3, -0.25) is 4.79 Å². The van der Waals surface area contributed by atoms with E-state index >= 15 is 0 Å². The number of benzene rings is 2. The van der Waals surface area contributed by atoms with E-state index in [4.69, 9.17) is 4.74 Å². The maximum Gasteiger partial charge on any atom is 0.221 e. The van der Waals surface area contributed by atoms with E-state index in [1.807, 2.05) is 6.07 Å². The van der Waals surface area contributed by atoms with Crippen LogP contribution < -0.4 is 10.2 Å². The lowest BCUT2D eigenvalue weighted by molar-refractivity contribution is -0.906. The Hall–Kier alpha value is -2.63. The number of quaternary nitrogens is 1. The van der Waals surface area contributed by atoms with Crippen LogP contribution in [0.2, 0.25) is 0 Å². The van der Waals surface area contributed by atoms with Crippen molar-refractivity contribution in [2.45, 2.75) is 39.2 Å². The van der Waals surface area contributed by atoms with Gasteiger partial charge in [0.05, 0.1) is 31.8 Å². The molecule has 0 bridgehead atoms. The monoisotopic (exact) mass is 434 g/mol. The molecule has 1 saturated heterocycles. The quantitative estimate of drug-likeness (QED) is 0.544. The number of carbonyl (C=O) groups excluding carboxylic acids is 1. The maximum absolute atomic E-state index is 13.0. The van der Waals surface area contributed by atoms with Crippen LogP contribution in [0.5, 0.6) is 0 Å². The van der Waals surface area contributed by atoms with E-state index in [-0.39, 0.29) is 11.8 Å². The van der Waals surface area contributed by atoms with Gasteiger partial charge in [-0.05, 0) is 30.0 Å².